The number of piperidine rings is 1. The third kappa shape index (κ3) is 4.62. The lowest BCUT2D eigenvalue weighted by atomic mass is 10.1. The van der Waals surface area contributed by atoms with Crippen LogP contribution < -0.4 is 0 Å². The average molecular weight is 397 g/mol. The van der Waals surface area contributed by atoms with Gasteiger partial charge in [-0.1, -0.05) is 48.0 Å². The molecule has 2 heterocycles. The van der Waals surface area contributed by atoms with E-state index in [1.165, 1.54) is 42.5 Å². The van der Waals surface area contributed by atoms with Gasteiger partial charge in [0.05, 0.1) is 6.54 Å². The van der Waals surface area contributed by atoms with Crippen molar-refractivity contribution in [2.75, 3.05) is 13.1 Å². The second-order valence-corrected chi connectivity index (χ2v) is 8.26. The summed E-state index contributed by atoms with van der Waals surface area (Å²) in [6, 6.07) is 15.1. The molecule has 0 atom stereocenters. The molecule has 0 saturated carbocycles. The van der Waals surface area contributed by atoms with E-state index in [9.17, 15) is 4.39 Å². The number of benzene rings is 2. The summed E-state index contributed by atoms with van der Waals surface area (Å²) in [6.45, 7) is 5.06. The molecule has 6 heteroatoms. The smallest absolute Gasteiger partial charge is 0.196 e. The van der Waals surface area contributed by atoms with Crippen molar-refractivity contribution in [3.05, 3.63) is 71.3 Å². The van der Waals surface area contributed by atoms with Crippen molar-refractivity contribution in [3.8, 4) is 5.69 Å². The van der Waals surface area contributed by atoms with Crippen molar-refractivity contribution in [1.29, 1.82) is 0 Å². The van der Waals surface area contributed by atoms with Gasteiger partial charge in [0, 0.05) is 11.4 Å². The Bertz CT molecular complexity index is 899. The molecule has 1 aliphatic heterocycles. The van der Waals surface area contributed by atoms with Gasteiger partial charge in [0.1, 0.15) is 5.82 Å². The second kappa shape index (κ2) is 8.88. The highest BCUT2D eigenvalue weighted by molar-refractivity contribution is 7.98. The first-order valence-corrected chi connectivity index (χ1v) is 10.8. The Morgan fingerprint density at radius 3 is 2.36 bits per heavy atom. The van der Waals surface area contributed by atoms with Crippen molar-refractivity contribution in [1.82, 2.24) is 19.7 Å². The Balaban J connectivity index is 1.59. The Hall–Kier alpha value is -2.18. The van der Waals surface area contributed by atoms with Crippen molar-refractivity contribution in [2.45, 2.75) is 43.6 Å². The lowest BCUT2D eigenvalue weighted by Gasteiger charge is -2.26. The number of halogens is 1. The molecule has 1 saturated heterocycles. The van der Waals surface area contributed by atoms with E-state index in [-0.39, 0.29) is 5.82 Å². The number of thioether (sulfide) groups is 1. The van der Waals surface area contributed by atoms with E-state index in [1.54, 1.807) is 23.9 Å². The molecular formula is C22H25FN4S. The normalized spacial score (nSPS) is 15.1. The number of aryl methyl sites for hydroxylation is 1. The van der Waals surface area contributed by atoms with Gasteiger partial charge in [0.25, 0.3) is 0 Å². The summed E-state index contributed by atoms with van der Waals surface area (Å²) in [5, 5.41) is 9.81. The third-order valence-corrected chi connectivity index (χ3v) is 6.09. The minimum Gasteiger partial charge on any atom is -0.296 e. The number of rotatable bonds is 6. The van der Waals surface area contributed by atoms with Crippen molar-refractivity contribution < 1.29 is 4.39 Å². The molecule has 146 valence electrons. The van der Waals surface area contributed by atoms with E-state index >= 15 is 0 Å². The van der Waals surface area contributed by atoms with Gasteiger partial charge in [-0.2, -0.15) is 0 Å². The lowest BCUT2D eigenvalue weighted by molar-refractivity contribution is 0.214. The number of likely N-dealkylation sites (tertiary alicyclic amines) is 1. The first kappa shape index (κ1) is 19.2. The zero-order chi connectivity index (χ0) is 19.3. The third-order valence-electron chi connectivity index (χ3n) is 5.09. The maximum Gasteiger partial charge on any atom is 0.196 e. The van der Waals surface area contributed by atoms with Crippen LogP contribution in [0.4, 0.5) is 4.39 Å². The van der Waals surface area contributed by atoms with Crippen LogP contribution in [0.15, 0.2) is 53.7 Å². The maximum atomic E-state index is 13.5. The summed E-state index contributed by atoms with van der Waals surface area (Å²) in [7, 11) is 0. The molecule has 0 aliphatic carbocycles. The fraction of sp³-hybridized carbons (Fsp3) is 0.364. The van der Waals surface area contributed by atoms with Crippen LogP contribution in [-0.2, 0) is 12.3 Å². The highest BCUT2D eigenvalue weighted by Crippen LogP contribution is 2.26. The molecule has 0 spiro atoms. The van der Waals surface area contributed by atoms with E-state index < -0.39 is 0 Å². The van der Waals surface area contributed by atoms with Crippen molar-refractivity contribution >= 4 is 11.8 Å². The SMILES string of the molecule is Cc1ccc(CSc2nnc(CN3CCCCC3)n2-c2ccc(F)cc2)cc1. The fourth-order valence-electron chi connectivity index (χ4n) is 3.50. The summed E-state index contributed by atoms with van der Waals surface area (Å²) in [6.07, 6.45) is 3.78. The van der Waals surface area contributed by atoms with Crippen molar-refractivity contribution in [3.63, 3.8) is 0 Å². The minimum absolute atomic E-state index is 0.233. The van der Waals surface area contributed by atoms with E-state index in [2.05, 4.69) is 50.9 Å². The van der Waals surface area contributed by atoms with Gasteiger partial charge in [0.2, 0.25) is 0 Å². The molecular weight excluding hydrogens is 371 g/mol. The Morgan fingerprint density at radius 1 is 0.929 bits per heavy atom. The number of aromatic nitrogens is 3. The molecule has 3 aromatic rings. The lowest BCUT2D eigenvalue weighted by Crippen LogP contribution is -2.30. The van der Waals surface area contributed by atoms with E-state index in [0.717, 1.165) is 42.1 Å². The second-order valence-electron chi connectivity index (χ2n) is 7.32. The summed E-state index contributed by atoms with van der Waals surface area (Å²) in [4.78, 5) is 2.43. The maximum absolute atomic E-state index is 13.5. The molecule has 2 aromatic carbocycles. The van der Waals surface area contributed by atoms with E-state index in [4.69, 9.17) is 0 Å². The molecule has 1 fully saturated rings. The summed E-state index contributed by atoms with van der Waals surface area (Å²) in [5.74, 6) is 1.51. The molecule has 28 heavy (non-hydrogen) atoms. The molecule has 0 N–H and O–H groups in total. The zero-order valence-electron chi connectivity index (χ0n) is 16.1. The summed E-state index contributed by atoms with van der Waals surface area (Å²) < 4.78 is 15.5. The number of nitrogens with zero attached hydrogens (tertiary/aromatic N) is 4. The van der Waals surface area contributed by atoms with Gasteiger partial charge in [0.15, 0.2) is 11.0 Å². The van der Waals surface area contributed by atoms with Crippen LogP contribution >= 0.6 is 11.8 Å². The predicted molar refractivity (Wildman–Crippen MR) is 111 cm³/mol. The van der Waals surface area contributed by atoms with Gasteiger partial charge >= 0.3 is 0 Å². The van der Waals surface area contributed by atoms with Gasteiger partial charge in [-0.25, -0.2) is 4.39 Å². The van der Waals surface area contributed by atoms with Crippen LogP contribution in [0, 0.1) is 12.7 Å². The Kier molecular flexibility index (Phi) is 6.07. The molecule has 0 bridgehead atoms. The quantitative estimate of drug-likeness (QED) is 0.550. The molecule has 0 amide bonds. The molecule has 1 aromatic heterocycles. The largest absolute Gasteiger partial charge is 0.296 e. The topological polar surface area (TPSA) is 34.0 Å². The molecule has 4 rings (SSSR count). The standard InChI is InChI=1S/C22H25FN4S/c1-17-5-7-18(8-6-17)16-28-22-25-24-21(15-26-13-3-2-4-14-26)27(22)20-11-9-19(23)10-12-20/h5-12H,2-4,13-16H2,1H3. The van der Waals surface area contributed by atoms with Crippen LogP contribution in [0.2, 0.25) is 0 Å². The monoisotopic (exact) mass is 396 g/mol. The highest BCUT2D eigenvalue weighted by Gasteiger charge is 2.19. The Labute approximate surface area is 169 Å². The van der Waals surface area contributed by atoms with Gasteiger partial charge in [-0.15, -0.1) is 10.2 Å². The van der Waals surface area contributed by atoms with Crippen LogP contribution in [0.1, 0.15) is 36.2 Å². The molecule has 1 aliphatic rings. The predicted octanol–water partition coefficient (Wildman–Crippen LogP) is 4.99. The summed E-state index contributed by atoms with van der Waals surface area (Å²) >= 11 is 1.66. The summed E-state index contributed by atoms with van der Waals surface area (Å²) in [5.41, 5.74) is 3.42. The van der Waals surface area contributed by atoms with E-state index in [1.807, 2.05) is 0 Å². The molecule has 4 nitrogen and oxygen atoms in total. The van der Waals surface area contributed by atoms with Crippen molar-refractivity contribution in [2.24, 2.45) is 0 Å². The van der Waals surface area contributed by atoms with Crippen LogP contribution in [0.5, 0.6) is 0 Å². The fourth-order valence-corrected chi connectivity index (χ4v) is 4.42. The van der Waals surface area contributed by atoms with Crippen LogP contribution in [0.3, 0.4) is 0 Å². The average Bonchev–Trinajstić information content (AvgIpc) is 3.11. The van der Waals surface area contributed by atoms with Crippen LogP contribution in [0.25, 0.3) is 5.69 Å². The molecule has 0 radical (unpaired) electrons. The van der Waals surface area contributed by atoms with E-state index in [0.29, 0.717) is 0 Å². The Morgan fingerprint density at radius 2 is 1.64 bits per heavy atom. The number of hydrogen-bond donors (Lipinski definition) is 0. The zero-order valence-corrected chi connectivity index (χ0v) is 17.0. The van der Waals surface area contributed by atoms with Gasteiger partial charge in [-0.3, -0.25) is 9.47 Å². The number of hydrogen-bond acceptors (Lipinski definition) is 4. The highest BCUT2D eigenvalue weighted by atomic mass is 32.2. The van der Waals surface area contributed by atoms with Gasteiger partial charge in [-0.05, 0) is 62.7 Å². The first-order valence-electron chi connectivity index (χ1n) is 9.80. The van der Waals surface area contributed by atoms with Gasteiger partial charge < -0.3 is 0 Å². The van der Waals surface area contributed by atoms with Crippen LogP contribution in [-0.4, -0.2) is 32.8 Å². The first-order chi connectivity index (χ1) is 13.7. The minimum atomic E-state index is -0.233. The molecule has 0 unspecified atom stereocenters.